The summed E-state index contributed by atoms with van der Waals surface area (Å²) in [6.07, 6.45) is 22.0. The number of allylic oxidation sites excluding steroid dienone is 2. The van der Waals surface area contributed by atoms with Crippen LogP contribution in [-0.2, 0) is 14.4 Å². The van der Waals surface area contributed by atoms with E-state index in [2.05, 4.69) is 19.1 Å². The number of aliphatic carboxylic acids is 3. The Morgan fingerprint density at radius 1 is 0.656 bits per heavy atom. The standard InChI is InChI=1S/C25H45NO6/c1-2-3-4-5-6-7-8-9-10-11-12-13-14-15-16-17-18-19-26(20-23(27)28,21-24(29)30)22-25(31)32/h11-12H,2-10,13-22H2,1H3,(H2-,27,28,29,30,31,32)/b12-11+. The average Bonchev–Trinajstić information content (AvgIpc) is 2.68. The van der Waals surface area contributed by atoms with E-state index in [1.54, 1.807) is 0 Å². The SMILES string of the molecule is CCCCCCCCCC/C=C/CCCCCCC[N+](CC(=O)[O-])(CC(=O)O)CC(=O)O. The van der Waals surface area contributed by atoms with Gasteiger partial charge < -0.3 is 24.6 Å². The molecule has 0 atom stereocenters. The summed E-state index contributed by atoms with van der Waals surface area (Å²) in [6, 6.07) is 0. The van der Waals surface area contributed by atoms with Crippen LogP contribution in [0.15, 0.2) is 12.2 Å². The lowest BCUT2D eigenvalue weighted by atomic mass is 10.1. The Kier molecular flexibility index (Phi) is 18.6. The van der Waals surface area contributed by atoms with Crippen molar-refractivity contribution in [3.63, 3.8) is 0 Å². The zero-order valence-electron chi connectivity index (χ0n) is 20.1. The van der Waals surface area contributed by atoms with E-state index in [0.717, 1.165) is 38.5 Å². The Morgan fingerprint density at radius 3 is 1.47 bits per heavy atom. The molecule has 0 spiro atoms. The number of hydrogen-bond acceptors (Lipinski definition) is 4. The lowest BCUT2D eigenvalue weighted by Gasteiger charge is -2.36. The monoisotopic (exact) mass is 455 g/mol. The van der Waals surface area contributed by atoms with Crippen molar-refractivity contribution < 1.29 is 34.2 Å². The lowest BCUT2D eigenvalue weighted by molar-refractivity contribution is -0.909. The Hall–Kier alpha value is -1.89. The van der Waals surface area contributed by atoms with E-state index in [4.69, 9.17) is 10.2 Å². The van der Waals surface area contributed by atoms with E-state index in [0.29, 0.717) is 6.42 Å². The van der Waals surface area contributed by atoms with Crippen LogP contribution in [0.4, 0.5) is 0 Å². The fourth-order valence-corrected chi connectivity index (χ4v) is 4.12. The molecule has 0 saturated carbocycles. The molecule has 0 amide bonds. The predicted octanol–water partition coefficient (Wildman–Crippen LogP) is 4.15. The van der Waals surface area contributed by atoms with E-state index in [-0.39, 0.29) is 6.54 Å². The van der Waals surface area contributed by atoms with Crippen LogP contribution in [0, 0.1) is 0 Å². The molecular formula is C25H45NO6. The summed E-state index contributed by atoms with van der Waals surface area (Å²) in [4.78, 5) is 33.3. The number of hydrogen-bond donors (Lipinski definition) is 2. The highest BCUT2D eigenvalue weighted by molar-refractivity contribution is 5.72. The Labute approximate surface area is 194 Å². The van der Waals surface area contributed by atoms with Crippen molar-refractivity contribution in [3.8, 4) is 0 Å². The fourth-order valence-electron chi connectivity index (χ4n) is 4.12. The molecule has 186 valence electrons. The molecule has 0 aromatic carbocycles. The number of carboxylic acids is 3. The number of carbonyl (C=O) groups excluding carboxylic acids is 1. The third-order valence-electron chi connectivity index (χ3n) is 5.80. The highest BCUT2D eigenvalue weighted by Crippen LogP contribution is 2.13. The second kappa shape index (κ2) is 19.8. The van der Waals surface area contributed by atoms with Crippen molar-refractivity contribution in [1.29, 1.82) is 0 Å². The summed E-state index contributed by atoms with van der Waals surface area (Å²) in [5.74, 6) is -3.83. The summed E-state index contributed by atoms with van der Waals surface area (Å²) in [5, 5.41) is 29.2. The van der Waals surface area contributed by atoms with Crippen LogP contribution in [-0.4, -0.2) is 58.8 Å². The molecule has 0 bridgehead atoms. The van der Waals surface area contributed by atoms with Gasteiger partial charge in [0.25, 0.3) is 0 Å². The maximum atomic E-state index is 11.1. The van der Waals surface area contributed by atoms with Crippen LogP contribution in [0.1, 0.15) is 103 Å². The highest BCUT2D eigenvalue weighted by atomic mass is 16.4. The van der Waals surface area contributed by atoms with Crippen LogP contribution in [0.25, 0.3) is 0 Å². The van der Waals surface area contributed by atoms with Crippen molar-refractivity contribution in [2.24, 2.45) is 0 Å². The zero-order chi connectivity index (χ0) is 24.1. The van der Waals surface area contributed by atoms with E-state index in [1.807, 2.05) is 0 Å². The summed E-state index contributed by atoms with van der Waals surface area (Å²) >= 11 is 0. The zero-order valence-corrected chi connectivity index (χ0v) is 20.1. The molecule has 0 radical (unpaired) electrons. The minimum atomic E-state index is -1.42. The number of quaternary nitrogens is 1. The van der Waals surface area contributed by atoms with Crippen LogP contribution in [0.5, 0.6) is 0 Å². The molecule has 32 heavy (non-hydrogen) atoms. The molecule has 7 nitrogen and oxygen atoms in total. The average molecular weight is 456 g/mol. The quantitative estimate of drug-likeness (QED) is 0.136. The Bertz CT molecular complexity index is 506. The lowest BCUT2D eigenvalue weighted by Crippen LogP contribution is -2.59. The summed E-state index contributed by atoms with van der Waals surface area (Å²) in [6.45, 7) is 0.814. The van der Waals surface area contributed by atoms with Gasteiger partial charge in [0.05, 0.1) is 12.5 Å². The first-order valence-corrected chi connectivity index (χ1v) is 12.4. The third kappa shape index (κ3) is 18.8. The van der Waals surface area contributed by atoms with Gasteiger partial charge in [-0.2, -0.15) is 0 Å². The van der Waals surface area contributed by atoms with Crippen molar-refractivity contribution in [1.82, 2.24) is 0 Å². The van der Waals surface area contributed by atoms with E-state index < -0.39 is 42.0 Å². The molecule has 2 N–H and O–H groups in total. The van der Waals surface area contributed by atoms with Crippen LogP contribution >= 0.6 is 0 Å². The maximum absolute atomic E-state index is 11.1. The molecule has 0 aromatic heterocycles. The smallest absolute Gasteiger partial charge is 0.359 e. The van der Waals surface area contributed by atoms with E-state index >= 15 is 0 Å². The number of carbonyl (C=O) groups is 3. The first-order chi connectivity index (χ1) is 15.3. The molecule has 0 aliphatic rings. The summed E-state index contributed by atoms with van der Waals surface area (Å²) in [7, 11) is 0. The van der Waals surface area contributed by atoms with Crippen molar-refractivity contribution >= 4 is 17.9 Å². The van der Waals surface area contributed by atoms with Gasteiger partial charge in [-0.1, -0.05) is 76.9 Å². The predicted molar refractivity (Wildman–Crippen MR) is 124 cm³/mol. The number of rotatable bonds is 23. The molecule has 0 unspecified atom stereocenters. The van der Waals surface area contributed by atoms with Gasteiger partial charge in [-0.3, -0.25) is 0 Å². The Morgan fingerprint density at radius 2 is 1.06 bits per heavy atom. The number of unbranched alkanes of at least 4 members (excludes halogenated alkanes) is 13. The molecule has 0 aliphatic carbocycles. The van der Waals surface area contributed by atoms with Crippen LogP contribution in [0.2, 0.25) is 0 Å². The topological polar surface area (TPSA) is 115 Å². The van der Waals surface area contributed by atoms with Gasteiger partial charge in [-0.15, -0.1) is 0 Å². The van der Waals surface area contributed by atoms with Gasteiger partial charge in [-0.05, 0) is 38.5 Å². The summed E-state index contributed by atoms with van der Waals surface area (Å²) in [5.41, 5.74) is 0. The molecule has 0 rings (SSSR count). The van der Waals surface area contributed by atoms with E-state index in [9.17, 15) is 19.5 Å². The summed E-state index contributed by atoms with van der Waals surface area (Å²) < 4.78 is -0.505. The molecule has 7 heteroatoms. The second-order valence-corrected chi connectivity index (χ2v) is 8.99. The molecular weight excluding hydrogens is 410 g/mol. The molecule has 0 aromatic rings. The molecule has 0 aliphatic heterocycles. The fraction of sp³-hybridized carbons (Fsp3) is 0.800. The molecule has 0 saturated heterocycles. The van der Waals surface area contributed by atoms with E-state index in [1.165, 1.54) is 51.4 Å². The second-order valence-electron chi connectivity index (χ2n) is 8.99. The van der Waals surface area contributed by atoms with Crippen molar-refractivity contribution in [2.75, 3.05) is 26.2 Å². The Balaban J connectivity index is 3.88. The highest BCUT2D eigenvalue weighted by Gasteiger charge is 2.33. The van der Waals surface area contributed by atoms with Gasteiger partial charge in [0.2, 0.25) is 0 Å². The molecule has 0 heterocycles. The number of carboxylic acid groups (broad SMARTS) is 3. The minimum absolute atomic E-state index is 0.213. The van der Waals surface area contributed by atoms with Crippen LogP contribution in [0.3, 0.4) is 0 Å². The first-order valence-electron chi connectivity index (χ1n) is 12.4. The van der Waals surface area contributed by atoms with Gasteiger partial charge in [0, 0.05) is 0 Å². The maximum Gasteiger partial charge on any atom is 0.359 e. The van der Waals surface area contributed by atoms with Crippen molar-refractivity contribution in [3.05, 3.63) is 12.2 Å². The third-order valence-corrected chi connectivity index (χ3v) is 5.80. The van der Waals surface area contributed by atoms with Crippen molar-refractivity contribution in [2.45, 2.75) is 103 Å². The minimum Gasteiger partial charge on any atom is -0.544 e. The largest absolute Gasteiger partial charge is 0.544 e. The van der Waals surface area contributed by atoms with Crippen LogP contribution < -0.4 is 5.11 Å². The normalized spacial score (nSPS) is 11.8. The van der Waals surface area contributed by atoms with Gasteiger partial charge in [0.1, 0.15) is 6.54 Å². The number of nitrogens with zero attached hydrogens (tertiary/aromatic N) is 1. The van der Waals surface area contributed by atoms with Gasteiger partial charge in [0.15, 0.2) is 13.1 Å². The van der Waals surface area contributed by atoms with Gasteiger partial charge >= 0.3 is 11.9 Å². The first kappa shape index (κ1) is 30.1. The molecule has 0 fully saturated rings. The van der Waals surface area contributed by atoms with Gasteiger partial charge in [-0.25, -0.2) is 9.59 Å².